The molecule has 16 heavy (non-hydrogen) atoms. The molecule has 0 aliphatic rings. The van der Waals surface area contributed by atoms with Crippen molar-refractivity contribution in [3.8, 4) is 0 Å². The fourth-order valence-electron chi connectivity index (χ4n) is 2.40. The highest BCUT2D eigenvalue weighted by Crippen LogP contribution is 2.37. The molecule has 0 spiro atoms. The minimum Gasteiger partial charge on any atom is -0.327 e. The Morgan fingerprint density at radius 1 is 1.06 bits per heavy atom. The highest BCUT2D eigenvalue weighted by molar-refractivity contribution is 4.87. The van der Waals surface area contributed by atoms with Gasteiger partial charge in [0.1, 0.15) is 0 Å². The van der Waals surface area contributed by atoms with Gasteiger partial charge in [0.2, 0.25) is 0 Å². The van der Waals surface area contributed by atoms with E-state index in [1.54, 1.807) is 0 Å². The predicted molar refractivity (Wildman–Crippen MR) is 74.5 cm³/mol. The molecule has 0 aromatic carbocycles. The summed E-state index contributed by atoms with van der Waals surface area (Å²) in [5, 5.41) is 0. The molecule has 0 saturated carbocycles. The zero-order valence-corrected chi connectivity index (χ0v) is 12.3. The molecule has 0 heterocycles. The molecule has 0 aromatic rings. The third kappa shape index (κ3) is 4.45. The topological polar surface area (TPSA) is 26.0 Å². The van der Waals surface area contributed by atoms with Gasteiger partial charge < -0.3 is 5.73 Å². The minimum atomic E-state index is 0.322. The van der Waals surface area contributed by atoms with E-state index in [-0.39, 0.29) is 0 Å². The van der Waals surface area contributed by atoms with Gasteiger partial charge in [-0.25, -0.2) is 0 Å². The van der Waals surface area contributed by atoms with E-state index < -0.39 is 0 Å². The lowest BCUT2D eigenvalue weighted by Gasteiger charge is -2.39. The summed E-state index contributed by atoms with van der Waals surface area (Å²) in [6.45, 7) is 13.9. The van der Waals surface area contributed by atoms with Crippen LogP contribution >= 0.6 is 0 Å². The molecule has 1 heteroatoms. The van der Waals surface area contributed by atoms with Gasteiger partial charge in [0, 0.05) is 6.04 Å². The van der Waals surface area contributed by atoms with Crippen molar-refractivity contribution in [3.05, 3.63) is 0 Å². The average Bonchev–Trinajstić information content (AvgIpc) is 2.26. The summed E-state index contributed by atoms with van der Waals surface area (Å²) >= 11 is 0. The van der Waals surface area contributed by atoms with Gasteiger partial charge in [-0.1, -0.05) is 60.8 Å². The first kappa shape index (κ1) is 16.0. The Labute approximate surface area is 103 Å². The van der Waals surface area contributed by atoms with Crippen LogP contribution in [-0.4, -0.2) is 6.04 Å². The van der Waals surface area contributed by atoms with Crippen molar-refractivity contribution < 1.29 is 0 Å². The number of hydrogen-bond donors (Lipinski definition) is 1. The molecular formula is C15H33N. The second kappa shape index (κ2) is 7.32. The zero-order chi connectivity index (χ0) is 12.8. The van der Waals surface area contributed by atoms with Gasteiger partial charge >= 0.3 is 0 Å². The summed E-state index contributed by atoms with van der Waals surface area (Å²) in [6.07, 6.45) is 6.37. The van der Waals surface area contributed by atoms with Crippen LogP contribution in [0.25, 0.3) is 0 Å². The van der Waals surface area contributed by atoms with Crippen molar-refractivity contribution in [1.29, 1.82) is 0 Å². The number of rotatable bonds is 8. The van der Waals surface area contributed by atoms with Crippen molar-refractivity contribution in [2.75, 3.05) is 0 Å². The van der Waals surface area contributed by atoms with Crippen molar-refractivity contribution in [1.82, 2.24) is 0 Å². The van der Waals surface area contributed by atoms with Crippen LogP contribution in [-0.2, 0) is 0 Å². The van der Waals surface area contributed by atoms with Crippen LogP contribution in [0.4, 0.5) is 0 Å². The first-order valence-electron chi connectivity index (χ1n) is 7.14. The fraction of sp³-hybridized carbons (Fsp3) is 1.00. The van der Waals surface area contributed by atoms with E-state index in [2.05, 4.69) is 41.5 Å². The molecule has 0 rings (SSSR count). The lowest BCUT2D eigenvalue weighted by molar-refractivity contribution is 0.140. The van der Waals surface area contributed by atoms with E-state index >= 15 is 0 Å². The largest absolute Gasteiger partial charge is 0.327 e. The lowest BCUT2D eigenvalue weighted by atomic mass is 9.69. The minimum absolute atomic E-state index is 0.322. The van der Waals surface area contributed by atoms with E-state index in [4.69, 9.17) is 5.73 Å². The highest BCUT2D eigenvalue weighted by atomic mass is 14.7. The molecular weight excluding hydrogens is 194 g/mol. The molecule has 0 fully saturated rings. The second-order valence-corrected chi connectivity index (χ2v) is 6.08. The Morgan fingerprint density at radius 2 is 1.62 bits per heavy atom. The van der Waals surface area contributed by atoms with Crippen molar-refractivity contribution >= 4 is 0 Å². The monoisotopic (exact) mass is 227 g/mol. The van der Waals surface area contributed by atoms with Crippen LogP contribution < -0.4 is 5.73 Å². The summed E-state index contributed by atoms with van der Waals surface area (Å²) in [5.74, 6) is 1.55. The van der Waals surface area contributed by atoms with E-state index in [0.29, 0.717) is 17.4 Å². The van der Waals surface area contributed by atoms with E-state index in [0.717, 1.165) is 12.3 Å². The van der Waals surface area contributed by atoms with E-state index in [1.807, 2.05) is 0 Å². The molecule has 3 atom stereocenters. The van der Waals surface area contributed by atoms with E-state index in [1.165, 1.54) is 25.7 Å². The Hall–Kier alpha value is -0.0400. The van der Waals surface area contributed by atoms with Crippen LogP contribution in [0, 0.1) is 17.3 Å². The maximum atomic E-state index is 6.30. The van der Waals surface area contributed by atoms with Crippen LogP contribution in [0.2, 0.25) is 0 Å². The maximum Gasteiger partial charge on any atom is 0.00927 e. The molecule has 0 amide bonds. The van der Waals surface area contributed by atoms with Crippen molar-refractivity contribution in [2.24, 2.45) is 23.0 Å². The molecule has 0 aliphatic heterocycles. The Balaban J connectivity index is 4.24. The van der Waals surface area contributed by atoms with Gasteiger partial charge in [-0.05, 0) is 30.1 Å². The first-order chi connectivity index (χ1) is 7.38. The van der Waals surface area contributed by atoms with Gasteiger partial charge in [-0.3, -0.25) is 0 Å². The van der Waals surface area contributed by atoms with Crippen LogP contribution in [0.15, 0.2) is 0 Å². The standard InChI is InChI=1S/C15H33N/c1-7-13(5)10-9-11-15(6,12(3)4)14(16)8-2/h12-14H,7-11,16H2,1-6H3. The molecule has 0 saturated heterocycles. The van der Waals surface area contributed by atoms with Crippen LogP contribution in [0.5, 0.6) is 0 Å². The molecule has 0 aromatic heterocycles. The van der Waals surface area contributed by atoms with E-state index in [9.17, 15) is 0 Å². The van der Waals surface area contributed by atoms with Gasteiger partial charge in [0.05, 0.1) is 0 Å². The number of nitrogens with two attached hydrogens (primary N) is 1. The average molecular weight is 227 g/mol. The second-order valence-electron chi connectivity index (χ2n) is 6.08. The highest BCUT2D eigenvalue weighted by Gasteiger charge is 2.33. The molecule has 0 aliphatic carbocycles. The van der Waals surface area contributed by atoms with Gasteiger partial charge in [-0.15, -0.1) is 0 Å². The molecule has 0 bridgehead atoms. The molecule has 0 radical (unpaired) electrons. The first-order valence-corrected chi connectivity index (χ1v) is 7.14. The summed E-state index contributed by atoms with van der Waals surface area (Å²) in [4.78, 5) is 0. The van der Waals surface area contributed by atoms with Gasteiger partial charge in [-0.2, -0.15) is 0 Å². The lowest BCUT2D eigenvalue weighted by Crippen LogP contribution is -2.42. The third-order valence-corrected chi connectivity index (χ3v) is 4.72. The Morgan fingerprint density at radius 3 is 2.00 bits per heavy atom. The number of hydrogen-bond acceptors (Lipinski definition) is 1. The fourth-order valence-corrected chi connectivity index (χ4v) is 2.40. The van der Waals surface area contributed by atoms with Gasteiger partial charge in [0.15, 0.2) is 0 Å². The normalized spacial score (nSPS) is 19.5. The Bertz CT molecular complexity index is 176. The zero-order valence-electron chi connectivity index (χ0n) is 12.3. The van der Waals surface area contributed by atoms with Crippen molar-refractivity contribution in [3.63, 3.8) is 0 Å². The molecule has 98 valence electrons. The SMILES string of the molecule is CCC(C)CCCC(C)(C(C)C)C(N)CC. The van der Waals surface area contributed by atoms with Crippen LogP contribution in [0.3, 0.4) is 0 Å². The summed E-state index contributed by atoms with van der Waals surface area (Å²) < 4.78 is 0. The third-order valence-electron chi connectivity index (χ3n) is 4.72. The van der Waals surface area contributed by atoms with Crippen molar-refractivity contribution in [2.45, 2.75) is 79.7 Å². The summed E-state index contributed by atoms with van der Waals surface area (Å²) in [5.41, 5.74) is 6.62. The summed E-state index contributed by atoms with van der Waals surface area (Å²) in [7, 11) is 0. The van der Waals surface area contributed by atoms with Crippen LogP contribution in [0.1, 0.15) is 73.6 Å². The maximum absolute atomic E-state index is 6.30. The predicted octanol–water partition coefficient (Wildman–Crippen LogP) is 4.60. The molecule has 2 N–H and O–H groups in total. The smallest absolute Gasteiger partial charge is 0.00927 e. The Kier molecular flexibility index (Phi) is 7.30. The molecule has 1 nitrogen and oxygen atoms in total. The quantitative estimate of drug-likeness (QED) is 0.644. The summed E-state index contributed by atoms with van der Waals surface area (Å²) in [6, 6.07) is 0.351. The molecule has 3 unspecified atom stereocenters. The van der Waals surface area contributed by atoms with Gasteiger partial charge in [0.25, 0.3) is 0 Å².